The fraction of sp³-hybridized carbons (Fsp3) is 0.167. The monoisotopic (exact) mass is 357 g/mol. The van der Waals surface area contributed by atoms with Gasteiger partial charge in [0.05, 0.1) is 0 Å². The Morgan fingerprint density at radius 3 is 2.48 bits per heavy atom. The molecule has 3 rings (SSSR count). The first-order valence-electron chi connectivity index (χ1n) is 7.69. The van der Waals surface area contributed by atoms with Crippen molar-refractivity contribution in [3.05, 3.63) is 83.5 Å². The van der Waals surface area contributed by atoms with Crippen molar-refractivity contribution in [1.82, 2.24) is 4.98 Å². The second kappa shape index (κ2) is 6.57. The van der Waals surface area contributed by atoms with Crippen molar-refractivity contribution < 1.29 is 0 Å². The lowest BCUT2D eigenvalue weighted by Crippen LogP contribution is -2.37. The van der Waals surface area contributed by atoms with E-state index in [1.807, 2.05) is 26.0 Å². The summed E-state index contributed by atoms with van der Waals surface area (Å²) in [6, 6.07) is 8.50. The Kier molecular flexibility index (Phi) is 4.46. The molecular weight excluding hydrogens is 342 g/mol. The zero-order valence-corrected chi connectivity index (χ0v) is 14.4. The zero-order chi connectivity index (χ0) is 18.1. The lowest BCUT2D eigenvalue weighted by Gasteiger charge is -2.20. The van der Waals surface area contributed by atoms with E-state index in [0.29, 0.717) is 5.02 Å². The number of hydrogen-bond acceptors (Lipinski definition) is 5. The van der Waals surface area contributed by atoms with Gasteiger partial charge in [-0.05, 0) is 43.2 Å². The molecule has 0 aliphatic carbocycles. The Morgan fingerprint density at radius 2 is 1.80 bits per heavy atom. The Labute approximate surface area is 148 Å². The third-order valence-electron chi connectivity index (χ3n) is 4.03. The molecule has 0 aliphatic rings. The molecule has 128 valence electrons. The Hall–Kier alpha value is -2.86. The van der Waals surface area contributed by atoms with E-state index < -0.39 is 10.9 Å². The quantitative estimate of drug-likeness (QED) is 0.611. The third kappa shape index (κ3) is 3.21. The molecule has 3 aromatic rings. The van der Waals surface area contributed by atoms with Crippen LogP contribution in [0.3, 0.4) is 0 Å². The van der Waals surface area contributed by atoms with E-state index in [-0.39, 0.29) is 28.7 Å². The average Bonchev–Trinajstić information content (AvgIpc) is 2.61. The van der Waals surface area contributed by atoms with Gasteiger partial charge in [-0.15, -0.1) is 0 Å². The van der Waals surface area contributed by atoms with E-state index in [0.717, 1.165) is 11.1 Å². The fourth-order valence-electron chi connectivity index (χ4n) is 2.54. The van der Waals surface area contributed by atoms with E-state index in [9.17, 15) is 14.4 Å². The molecule has 0 saturated carbocycles. The van der Waals surface area contributed by atoms with Gasteiger partial charge in [-0.25, -0.2) is 0 Å². The number of aromatic amines is 1. The average molecular weight is 358 g/mol. The number of aromatic nitrogens is 1. The molecule has 25 heavy (non-hydrogen) atoms. The number of nitrogens with one attached hydrogen (secondary N) is 3. The highest BCUT2D eigenvalue weighted by Gasteiger charge is 2.23. The van der Waals surface area contributed by atoms with Crippen molar-refractivity contribution in [2.24, 2.45) is 0 Å². The molecule has 1 atom stereocenters. The molecule has 3 N–H and O–H groups in total. The van der Waals surface area contributed by atoms with E-state index in [4.69, 9.17) is 11.6 Å². The van der Waals surface area contributed by atoms with E-state index in [1.165, 1.54) is 12.3 Å². The molecule has 0 amide bonds. The van der Waals surface area contributed by atoms with Crippen molar-refractivity contribution in [2.75, 3.05) is 10.6 Å². The van der Waals surface area contributed by atoms with Crippen molar-refractivity contribution >= 4 is 28.7 Å². The topological polar surface area (TPSA) is 91.1 Å². The molecular formula is C18H16ClN3O3. The number of H-pyrrole nitrogens is 1. The number of hydrogen-bond donors (Lipinski definition) is 3. The highest BCUT2D eigenvalue weighted by Crippen LogP contribution is 2.26. The van der Waals surface area contributed by atoms with Crippen LogP contribution >= 0.6 is 11.6 Å². The maximum Gasteiger partial charge on any atom is 0.271 e. The van der Waals surface area contributed by atoms with Crippen LogP contribution in [0.4, 0.5) is 17.1 Å². The summed E-state index contributed by atoms with van der Waals surface area (Å²) in [5.74, 6) is 0. The first kappa shape index (κ1) is 17.0. The van der Waals surface area contributed by atoms with Crippen molar-refractivity contribution in [3.63, 3.8) is 0 Å². The first-order chi connectivity index (χ1) is 11.9. The predicted molar refractivity (Wildman–Crippen MR) is 99.9 cm³/mol. The summed E-state index contributed by atoms with van der Waals surface area (Å²) in [5, 5.41) is 6.44. The maximum atomic E-state index is 11.9. The standard InChI is InChI=1S/C18H16ClN3O3/c1-9-8-11(5-6-12(9)19)10(2)21-14-15(17(24)16(14)23)22-13-4-3-7-20-18(13)25/h3-8,10,21-22H,1-2H3,(H,20,25)/t10-/m1/s1. The SMILES string of the molecule is Cc1cc([C@@H](C)Nc2c(Nc3ccc[nH]c3=O)c(=O)c2=O)ccc1Cl. The number of benzene rings is 1. The molecule has 0 fully saturated rings. The van der Waals surface area contributed by atoms with Crippen LogP contribution < -0.4 is 27.1 Å². The summed E-state index contributed by atoms with van der Waals surface area (Å²) in [7, 11) is 0. The van der Waals surface area contributed by atoms with Crippen LogP contribution in [0.5, 0.6) is 0 Å². The van der Waals surface area contributed by atoms with Crippen LogP contribution in [0, 0.1) is 6.92 Å². The largest absolute Gasteiger partial charge is 0.373 e. The lowest BCUT2D eigenvalue weighted by atomic mass is 10.0. The van der Waals surface area contributed by atoms with Gasteiger partial charge in [0.25, 0.3) is 16.4 Å². The molecule has 0 aliphatic heterocycles. The van der Waals surface area contributed by atoms with Crippen LogP contribution in [-0.2, 0) is 0 Å². The van der Waals surface area contributed by atoms with Crippen LogP contribution in [-0.4, -0.2) is 4.98 Å². The normalized spacial score (nSPS) is 12.1. The molecule has 0 radical (unpaired) electrons. The minimum Gasteiger partial charge on any atom is -0.373 e. The number of halogens is 1. The summed E-state index contributed by atoms with van der Waals surface area (Å²) in [6.07, 6.45) is 1.49. The number of pyridine rings is 1. The number of rotatable bonds is 5. The number of aryl methyl sites for hydroxylation is 1. The van der Waals surface area contributed by atoms with Gasteiger partial charge >= 0.3 is 0 Å². The van der Waals surface area contributed by atoms with Crippen LogP contribution in [0.15, 0.2) is 50.9 Å². The fourth-order valence-corrected chi connectivity index (χ4v) is 2.66. The summed E-state index contributed by atoms with van der Waals surface area (Å²) in [4.78, 5) is 38.0. The third-order valence-corrected chi connectivity index (χ3v) is 4.46. The van der Waals surface area contributed by atoms with Gasteiger partial charge in [0.1, 0.15) is 17.1 Å². The molecule has 0 spiro atoms. The Morgan fingerprint density at radius 1 is 1.08 bits per heavy atom. The van der Waals surface area contributed by atoms with Crippen LogP contribution in [0.25, 0.3) is 0 Å². The van der Waals surface area contributed by atoms with Crippen molar-refractivity contribution in [1.29, 1.82) is 0 Å². The van der Waals surface area contributed by atoms with Gasteiger partial charge < -0.3 is 15.6 Å². The lowest BCUT2D eigenvalue weighted by molar-refractivity contribution is 0.878. The van der Waals surface area contributed by atoms with Crippen LogP contribution in [0.1, 0.15) is 24.1 Å². The van der Waals surface area contributed by atoms with Crippen molar-refractivity contribution in [2.45, 2.75) is 19.9 Å². The summed E-state index contributed by atoms with van der Waals surface area (Å²) in [6.45, 7) is 3.77. The van der Waals surface area contributed by atoms with Gasteiger partial charge in [0.2, 0.25) is 0 Å². The number of anilines is 3. The van der Waals surface area contributed by atoms with Crippen molar-refractivity contribution in [3.8, 4) is 0 Å². The summed E-state index contributed by atoms with van der Waals surface area (Å²) in [5.41, 5.74) is 0.700. The maximum absolute atomic E-state index is 11.9. The smallest absolute Gasteiger partial charge is 0.271 e. The van der Waals surface area contributed by atoms with Gasteiger partial charge in [-0.3, -0.25) is 14.4 Å². The molecule has 1 heterocycles. The zero-order valence-electron chi connectivity index (χ0n) is 13.6. The molecule has 6 nitrogen and oxygen atoms in total. The van der Waals surface area contributed by atoms with E-state index in [2.05, 4.69) is 15.6 Å². The summed E-state index contributed by atoms with van der Waals surface area (Å²) < 4.78 is 0. The van der Waals surface area contributed by atoms with Crippen LogP contribution in [0.2, 0.25) is 5.02 Å². The van der Waals surface area contributed by atoms with E-state index in [1.54, 1.807) is 12.1 Å². The molecule has 0 unspecified atom stereocenters. The van der Waals surface area contributed by atoms with Gasteiger partial charge in [-0.2, -0.15) is 0 Å². The molecule has 7 heteroatoms. The molecule has 0 bridgehead atoms. The second-order valence-corrected chi connectivity index (χ2v) is 6.23. The molecule has 0 saturated heterocycles. The minimum atomic E-state index is -0.648. The highest BCUT2D eigenvalue weighted by molar-refractivity contribution is 6.31. The minimum absolute atomic E-state index is 0.0965. The first-order valence-corrected chi connectivity index (χ1v) is 8.07. The molecule has 2 aromatic carbocycles. The molecule has 1 aromatic heterocycles. The van der Waals surface area contributed by atoms with Gasteiger partial charge in [-0.1, -0.05) is 23.7 Å². The highest BCUT2D eigenvalue weighted by atomic mass is 35.5. The van der Waals surface area contributed by atoms with E-state index >= 15 is 0 Å². The van der Waals surface area contributed by atoms with Gasteiger partial charge in [0, 0.05) is 17.3 Å². The summed E-state index contributed by atoms with van der Waals surface area (Å²) >= 11 is 6.03. The second-order valence-electron chi connectivity index (χ2n) is 5.82. The predicted octanol–water partition coefficient (Wildman–Crippen LogP) is 2.85. The Bertz CT molecular complexity index is 1060. The van der Waals surface area contributed by atoms with Gasteiger partial charge in [0.15, 0.2) is 0 Å². The Balaban J connectivity index is 1.86.